The molecule has 0 fully saturated rings. The van der Waals surface area contributed by atoms with E-state index in [1.54, 1.807) is 0 Å². The van der Waals surface area contributed by atoms with Crippen LogP contribution in [0, 0.1) is 0 Å². The number of hydrogen-bond donors (Lipinski definition) is 0. The van der Waals surface area contributed by atoms with Gasteiger partial charge in [0, 0.05) is 6.42 Å². The molecule has 0 rings (SSSR count). The molecular weight excluding hydrogens is 76.1 g/mol. The van der Waals surface area contributed by atoms with E-state index >= 15 is 0 Å². The predicted octanol–water partition coefficient (Wildman–Crippen LogP) is 1.15. The first-order valence-corrected chi connectivity index (χ1v) is 1.96. The molecule has 0 aliphatic rings. The van der Waals surface area contributed by atoms with Crippen LogP contribution >= 0.6 is 0 Å². The largest absolute Gasteiger partial charge is 0.303 e. The van der Waals surface area contributed by atoms with Crippen LogP contribution in [0.1, 0.15) is 13.3 Å². The van der Waals surface area contributed by atoms with E-state index in [0.717, 1.165) is 6.29 Å². The van der Waals surface area contributed by atoms with Gasteiger partial charge in [-0.1, -0.05) is 12.2 Å². The molecular formula is C5H8O. The van der Waals surface area contributed by atoms with Crippen molar-refractivity contribution in [2.75, 3.05) is 0 Å². The zero-order valence-electron chi connectivity index (χ0n) is 3.85. The summed E-state index contributed by atoms with van der Waals surface area (Å²) in [6.45, 7) is 1.89. The van der Waals surface area contributed by atoms with Gasteiger partial charge in [0.15, 0.2) is 0 Å². The fourth-order valence-electron chi connectivity index (χ4n) is 0.192. The summed E-state index contributed by atoms with van der Waals surface area (Å²) < 4.78 is 0. The molecule has 6 heavy (non-hydrogen) atoms. The van der Waals surface area contributed by atoms with Gasteiger partial charge >= 0.3 is 0 Å². The summed E-state index contributed by atoms with van der Waals surface area (Å²) in [6, 6.07) is 0. The van der Waals surface area contributed by atoms with E-state index in [-0.39, 0.29) is 0 Å². The average molecular weight is 84.1 g/mol. The van der Waals surface area contributed by atoms with Crippen LogP contribution < -0.4 is 0 Å². The van der Waals surface area contributed by atoms with E-state index in [4.69, 9.17) is 0 Å². The molecule has 0 saturated heterocycles. The highest BCUT2D eigenvalue weighted by Crippen LogP contribution is 1.71. The fraction of sp³-hybridized carbons (Fsp3) is 0.400. The Balaban J connectivity index is 2.85. The van der Waals surface area contributed by atoms with E-state index in [2.05, 4.69) is 0 Å². The van der Waals surface area contributed by atoms with Gasteiger partial charge in [-0.15, -0.1) is 0 Å². The van der Waals surface area contributed by atoms with Gasteiger partial charge in [-0.05, 0) is 6.92 Å². The summed E-state index contributed by atoms with van der Waals surface area (Å²) in [7, 11) is 0. The quantitative estimate of drug-likeness (QED) is 0.362. The molecule has 0 unspecified atom stereocenters. The van der Waals surface area contributed by atoms with E-state index in [0.29, 0.717) is 6.42 Å². The fourth-order valence-corrected chi connectivity index (χ4v) is 0.192. The normalized spacial score (nSPS) is 9.50. The first-order chi connectivity index (χ1) is 2.91. The molecule has 0 atom stereocenters. The van der Waals surface area contributed by atoms with Crippen molar-refractivity contribution in [3.8, 4) is 0 Å². The highest BCUT2D eigenvalue weighted by molar-refractivity contribution is 5.51. The first kappa shape index (κ1) is 5.41. The molecule has 0 aromatic heterocycles. The third-order valence-corrected chi connectivity index (χ3v) is 0.468. The molecule has 0 aromatic rings. The minimum Gasteiger partial charge on any atom is -0.303 e. The Morgan fingerprint density at radius 1 is 1.67 bits per heavy atom. The number of allylic oxidation sites excluding steroid dienone is 2. The lowest BCUT2D eigenvalue weighted by Crippen LogP contribution is -1.61. The molecule has 0 amide bonds. The lowest BCUT2D eigenvalue weighted by atomic mass is 10.4. The van der Waals surface area contributed by atoms with Crippen molar-refractivity contribution in [2.24, 2.45) is 0 Å². The van der Waals surface area contributed by atoms with Crippen LogP contribution in [0.15, 0.2) is 12.2 Å². The zero-order valence-corrected chi connectivity index (χ0v) is 3.85. The standard InChI is InChI=1S/C5H8O/c1-2-3-4-5-6/h2-3,5H,4H2,1H3/b3-2-. The van der Waals surface area contributed by atoms with Crippen LogP contribution in [0.5, 0.6) is 0 Å². The highest BCUT2D eigenvalue weighted by atomic mass is 16.1. The van der Waals surface area contributed by atoms with Crippen molar-refractivity contribution in [1.29, 1.82) is 0 Å². The molecule has 0 bridgehead atoms. The molecule has 0 saturated carbocycles. The van der Waals surface area contributed by atoms with Crippen molar-refractivity contribution in [2.45, 2.75) is 13.3 Å². The highest BCUT2D eigenvalue weighted by Gasteiger charge is 1.63. The Kier molecular flexibility index (Phi) is 3.98. The first-order valence-electron chi connectivity index (χ1n) is 1.96. The van der Waals surface area contributed by atoms with Crippen molar-refractivity contribution in [3.63, 3.8) is 0 Å². The van der Waals surface area contributed by atoms with Crippen LogP contribution in [0.4, 0.5) is 0 Å². The van der Waals surface area contributed by atoms with E-state index in [1.807, 2.05) is 19.1 Å². The van der Waals surface area contributed by atoms with Crippen molar-refractivity contribution >= 4 is 6.29 Å². The van der Waals surface area contributed by atoms with Gasteiger partial charge in [0.1, 0.15) is 6.29 Å². The molecule has 0 N–H and O–H groups in total. The average Bonchev–Trinajstić information content (AvgIpc) is 1.61. The molecule has 0 aliphatic carbocycles. The topological polar surface area (TPSA) is 17.1 Å². The summed E-state index contributed by atoms with van der Waals surface area (Å²) in [5, 5.41) is 0. The molecule has 0 heterocycles. The van der Waals surface area contributed by atoms with E-state index in [9.17, 15) is 4.79 Å². The van der Waals surface area contributed by atoms with Gasteiger partial charge in [0.25, 0.3) is 0 Å². The van der Waals surface area contributed by atoms with Gasteiger partial charge in [0.2, 0.25) is 0 Å². The SMILES string of the molecule is C/C=C\CC=O. The summed E-state index contributed by atoms with van der Waals surface area (Å²) >= 11 is 0. The second kappa shape index (κ2) is 4.41. The summed E-state index contributed by atoms with van der Waals surface area (Å²) in [5.74, 6) is 0. The third kappa shape index (κ3) is 3.41. The van der Waals surface area contributed by atoms with Gasteiger partial charge in [-0.3, -0.25) is 0 Å². The third-order valence-electron chi connectivity index (χ3n) is 0.468. The smallest absolute Gasteiger partial charge is 0.123 e. The Morgan fingerprint density at radius 3 is 2.50 bits per heavy atom. The summed E-state index contributed by atoms with van der Waals surface area (Å²) in [6.07, 6.45) is 5.10. The van der Waals surface area contributed by atoms with Crippen molar-refractivity contribution < 1.29 is 4.79 Å². The Morgan fingerprint density at radius 2 is 2.33 bits per heavy atom. The molecule has 0 aliphatic heterocycles. The van der Waals surface area contributed by atoms with Crippen LogP contribution in [0.25, 0.3) is 0 Å². The van der Waals surface area contributed by atoms with Gasteiger partial charge in [0.05, 0.1) is 0 Å². The molecule has 34 valence electrons. The molecule has 0 spiro atoms. The number of rotatable bonds is 2. The van der Waals surface area contributed by atoms with Gasteiger partial charge < -0.3 is 4.79 Å². The maximum atomic E-state index is 9.51. The van der Waals surface area contributed by atoms with Gasteiger partial charge in [-0.25, -0.2) is 0 Å². The lowest BCUT2D eigenvalue weighted by Gasteiger charge is -1.65. The lowest BCUT2D eigenvalue weighted by molar-refractivity contribution is -0.107. The van der Waals surface area contributed by atoms with Crippen LogP contribution in [-0.4, -0.2) is 6.29 Å². The summed E-state index contributed by atoms with van der Waals surface area (Å²) in [4.78, 5) is 9.51. The van der Waals surface area contributed by atoms with E-state index in [1.165, 1.54) is 0 Å². The number of carbonyl (C=O) groups excluding carboxylic acids is 1. The Hall–Kier alpha value is -0.590. The van der Waals surface area contributed by atoms with Crippen LogP contribution in [0.3, 0.4) is 0 Å². The van der Waals surface area contributed by atoms with Crippen molar-refractivity contribution in [3.05, 3.63) is 12.2 Å². The zero-order chi connectivity index (χ0) is 4.83. The Labute approximate surface area is 37.7 Å². The Bertz CT molecular complexity index is 55.0. The van der Waals surface area contributed by atoms with Gasteiger partial charge in [-0.2, -0.15) is 0 Å². The second-order valence-electron chi connectivity index (χ2n) is 0.971. The van der Waals surface area contributed by atoms with Crippen LogP contribution in [-0.2, 0) is 4.79 Å². The maximum Gasteiger partial charge on any atom is 0.123 e. The van der Waals surface area contributed by atoms with Crippen molar-refractivity contribution in [1.82, 2.24) is 0 Å². The van der Waals surface area contributed by atoms with E-state index < -0.39 is 0 Å². The monoisotopic (exact) mass is 84.1 g/mol. The minimum absolute atomic E-state index is 0.552. The number of aldehydes is 1. The summed E-state index contributed by atoms with van der Waals surface area (Å²) in [5.41, 5.74) is 0. The predicted molar refractivity (Wildman–Crippen MR) is 25.5 cm³/mol. The molecule has 0 radical (unpaired) electrons. The molecule has 1 heteroatoms. The molecule has 1 nitrogen and oxygen atoms in total. The number of hydrogen-bond acceptors (Lipinski definition) is 1. The number of carbonyl (C=O) groups is 1. The minimum atomic E-state index is 0.552. The van der Waals surface area contributed by atoms with Crippen LogP contribution in [0.2, 0.25) is 0 Å². The molecule has 0 aromatic carbocycles. The second-order valence-corrected chi connectivity index (χ2v) is 0.971. The maximum absolute atomic E-state index is 9.51.